The van der Waals surface area contributed by atoms with Gasteiger partial charge in [0.1, 0.15) is 9.84 Å². The average molecular weight is 318 g/mol. The number of rotatable bonds is 6. The van der Waals surface area contributed by atoms with Gasteiger partial charge in [-0.3, -0.25) is 9.78 Å². The van der Waals surface area contributed by atoms with Crippen molar-refractivity contribution < 1.29 is 13.2 Å². The molecular formula is C16H18N2O3S. The number of nitrogens with zero attached hydrogens (tertiary/aromatic N) is 1. The number of benzene rings is 1. The van der Waals surface area contributed by atoms with Crippen molar-refractivity contribution in [1.29, 1.82) is 0 Å². The molecule has 0 fully saturated rings. The highest BCUT2D eigenvalue weighted by atomic mass is 32.2. The number of amides is 1. The zero-order valence-electron chi connectivity index (χ0n) is 12.3. The summed E-state index contributed by atoms with van der Waals surface area (Å²) in [4.78, 5) is 15.6. The zero-order valence-corrected chi connectivity index (χ0v) is 13.1. The smallest absolute Gasteiger partial charge is 0.221 e. The summed E-state index contributed by atoms with van der Waals surface area (Å²) < 4.78 is 22.0. The number of carbonyl (C=O) groups is 1. The zero-order chi connectivity index (χ0) is 16.0. The van der Waals surface area contributed by atoms with Gasteiger partial charge in [-0.1, -0.05) is 30.3 Å². The molecule has 1 aromatic heterocycles. The Labute approximate surface area is 130 Å². The Morgan fingerprint density at radius 1 is 1.14 bits per heavy atom. The van der Waals surface area contributed by atoms with E-state index in [9.17, 15) is 13.2 Å². The third-order valence-corrected chi connectivity index (χ3v) is 4.08. The van der Waals surface area contributed by atoms with Crippen molar-refractivity contribution in [3.8, 4) is 11.1 Å². The standard InChI is InChI=1S/C16H18N2O3S/c1-22(20,21)10-8-16(19)18-11-13-4-6-14(7-5-13)15-3-2-9-17-12-15/h2-7,9,12H,8,10-11H2,1H3,(H,18,19). The van der Waals surface area contributed by atoms with E-state index < -0.39 is 9.84 Å². The van der Waals surface area contributed by atoms with Crippen molar-refractivity contribution in [3.63, 3.8) is 0 Å². The van der Waals surface area contributed by atoms with E-state index in [-0.39, 0.29) is 18.1 Å². The van der Waals surface area contributed by atoms with E-state index in [0.717, 1.165) is 22.9 Å². The van der Waals surface area contributed by atoms with Gasteiger partial charge in [-0.15, -0.1) is 0 Å². The molecule has 0 atom stereocenters. The number of nitrogens with one attached hydrogen (secondary N) is 1. The lowest BCUT2D eigenvalue weighted by atomic mass is 10.1. The van der Waals surface area contributed by atoms with Crippen molar-refractivity contribution in [3.05, 3.63) is 54.4 Å². The Hall–Kier alpha value is -2.21. The third kappa shape index (κ3) is 5.29. The fourth-order valence-corrected chi connectivity index (χ4v) is 2.47. The van der Waals surface area contributed by atoms with E-state index >= 15 is 0 Å². The first-order valence-corrected chi connectivity index (χ1v) is 8.94. The number of hydrogen-bond acceptors (Lipinski definition) is 4. The number of pyridine rings is 1. The minimum atomic E-state index is -3.11. The lowest BCUT2D eigenvalue weighted by Gasteiger charge is -2.06. The van der Waals surface area contributed by atoms with Crippen LogP contribution in [0.15, 0.2) is 48.8 Å². The second-order valence-electron chi connectivity index (χ2n) is 5.10. The van der Waals surface area contributed by atoms with Crippen molar-refractivity contribution >= 4 is 15.7 Å². The van der Waals surface area contributed by atoms with Crippen LogP contribution < -0.4 is 5.32 Å². The number of carbonyl (C=O) groups excluding carboxylic acids is 1. The van der Waals surface area contributed by atoms with E-state index in [4.69, 9.17) is 0 Å². The molecule has 6 heteroatoms. The van der Waals surface area contributed by atoms with E-state index in [1.807, 2.05) is 36.4 Å². The first-order valence-electron chi connectivity index (χ1n) is 6.88. The normalized spacial score (nSPS) is 11.1. The molecule has 0 bridgehead atoms. The quantitative estimate of drug-likeness (QED) is 0.881. The summed E-state index contributed by atoms with van der Waals surface area (Å²) in [6.45, 7) is 0.385. The van der Waals surface area contributed by atoms with Gasteiger partial charge in [0.25, 0.3) is 0 Å². The van der Waals surface area contributed by atoms with Crippen LogP contribution in [-0.4, -0.2) is 31.3 Å². The average Bonchev–Trinajstić information content (AvgIpc) is 2.51. The number of aromatic nitrogens is 1. The minimum Gasteiger partial charge on any atom is -0.352 e. The Bertz CT molecular complexity index is 726. The molecule has 0 unspecified atom stereocenters. The lowest BCUT2D eigenvalue weighted by Crippen LogP contribution is -2.24. The maximum atomic E-state index is 11.6. The van der Waals surface area contributed by atoms with E-state index in [1.165, 1.54) is 0 Å². The van der Waals surface area contributed by atoms with Crippen molar-refractivity contribution in [2.75, 3.05) is 12.0 Å². The van der Waals surface area contributed by atoms with Crippen LogP contribution in [0.25, 0.3) is 11.1 Å². The predicted molar refractivity (Wildman–Crippen MR) is 85.8 cm³/mol. The van der Waals surface area contributed by atoms with Gasteiger partial charge >= 0.3 is 0 Å². The Morgan fingerprint density at radius 2 is 1.86 bits per heavy atom. The summed E-state index contributed by atoms with van der Waals surface area (Å²) in [7, 11) is -3.11. The summed E-state index contributed by atoms with van der Waals surface area (Å²) in [5.74, 6) is -0.388. The van der Waals surface area contributed by atoms with Crippen LogP contribution in [0.1, 0.15) is 12.0 Å². The summed E-state index contributed by atoms with van der Waals surface area (Å²) in [6, 6.07) is 11.7. The number of sulfone groups is 1. The van der Waals surface area contributed by atoms with Crippen LogP contribution >= 0.6 is 0 Å². The highest BCUT2D eigenvalue weighted by molar-refractivity contribution is 7.90. The molecular weight excluding hydrogens is 300 g/mol. The van der Waals surface area contributed by atoms with Gasteiger partial charge < -0.3 is 5.32 Å². The van der Waals surface area contributed by atoms with E-state index in [1.54, 1.807) is 12.4 Å². The lowest BCUT2D eigenvalue weighted by molar-refractivity contribution is -0.120. The van der Waals surface area contributed by atoms with Crippen LogP contribution in [0, 0.1) is 0 Å². The highest BCUT2D eigenvalue weighted by Crippen LogP contribution is 2.18. The predicted octanol–water partition coefficient (Wildman–Crippen LogP) is 1.80. The fourth-order valence-electron chi connectivity index (χ4n) is 1.92. The molecule has 22 heavy (non-hydrogen) atoms. The molecule has 0 aliphatic rings. The second kappa shape index (κ2) is 7.17. The first-order chi connectivity index (χ1) is 10.4. The topological polar surface area (TPSA) is 76.1 Å². The van der Waals surface area contributed by atoms with E-state index in [2.05, 4.69) is 10.3 Å². The molecule has 1 amide bonds. The largest absolute Gasteiger partial charge is 0.352 e. The summed E-state index contributed by atoms with van der Waals surface area (Å²) >= 11 is 0. The Morgan fingerprint density at radius 3 is 2.45 bits per heavy atom. The van der Waals surface area contributed by atoms with Gasteiger partial charge in [-0.2, -0.15) is 0 Å². The third-order valence-electron chi connectivity index (χ3n) is 3.14. The molecule has 1 aromatic carbocycles. The molecule has 116 valence electrons. The highest BCUT2D eigenvalue weighted by Gasteiger charge is 2.07. The molecule has 5 nitrogen and oxygen atoms in total. The van der Waals surface area contributed by atoms with Gasteiger partial charge in [-0.05, 0) is 22.8 Å². The van der Waals surface area contributed by atoms with E-state index in [0.29, 0.717) is 6.54 Å². The summed E-state index contributed by atoms with van der Waals surface area (Å²) in [5.41, 5.74) is 3.05. The molecule has 0 aliphatic carbocycles. The van der Waals surface area contributed by atoms with Crippen molar-refractivity contribution in [2.24, 2.45) is 0 Å². The molecule has 2 aromatic rings. The Kier molecular flexibility index (Phi) is 5.27. The molecule has 0 spiro atoms. The summed E-state index contributed by atoms with van der Waals surface area (Å²) in [6.07, 6.45) is 4.63. The molecule has 1 heterocycles. The van der Waals surface area contributed by atoms with Crippen LogP contribution in [0.5, 0.6) is 0 Å². The maximum Gasteiger partial charge on any atom is 0.221 e. The van der Waals surface area contributed by atoms with Crippen molar-refractivity contribution in [1.82, 2.24) is 10.3 Å². The van der Waals surface area contributed by atoms with Gasteiger partial charge in [-0.25, -0.2) is 8.42 Å². The number of hydrogen-bond donors (Lipinski definition) is 1. The molecule has 1 N–H and O–H groups in total. The Balaban J connectivity index is 1.88. The van der Waals surface area contributed by atoms with Crippen molar-refractivity contribution in [2.45, 2.75) is 13.0 Å². The fraction of sp³-hybridized carbons (Fsp3) is 0.250. The minimum absolute atomic E-state index is 0.00734. The molecule has 0 saturated carbocycles. The SMILES string of the molecule is CS(=O)(=O)CCC(=O)NCc1ccc(-c2cccnc2)cc1. The molecule has 2 rings (SSSR count). The van der Waals surface area contributed by atoms with Crippen LogP contribution in [0.3, 0.4) is 0 Å². The van der Waals surface area contributed by atoms with Crippen LogP contribution in [0.4, 0.5) is 0 Å². The molecule has 0 aliphatic heterocycles. The monoisotopic (exact) mass is 318 g/mol. The van der Waals surface area contributed by atoms with Gasteiger partial charge in [0.05, 0.1) is 5.75 Å². The van der Waals surface area contributed by atoms with Gasteiger partial charge in [0.15, 0.2) is 0 Å². The first kappa shape index (κ1) is 16.2. The van der Waals surface area contributed by atoms with Gasteiger partial charge in [0, 0.05) is 31.6 Å². The maximum absolute atomic E-state index is 11.6. The summed E-state index contributed by atoms with van der Waals surface area (Å²) in [5, 5.41) is 2.72. The van der Waals surface area contributed by atoms with Crippen LogP contribution in [-0.2, 0) is 21.2 Å². The van der Waals surface area contributed by atoms with Crippen LogP contribution in [0.2, 0.25) is 0 Å². The van der Waals surface area contributed by atoms with Gasteiger partial charge in [0.2, 0.25) is 5.91 Å². The molecule has 0 saturated heterocycles. The second-order valence-corrected chi connectivity index (χ2v) is 7.35. The molecule has 0 radical (unpaired) electrons.